The Morgan fingerprint density at radius 1 is 1.09 bits per heavy atom. The quantitative estimate of drug-likeness (QED) is 0.887. The van der Waals surface area contributed by atoms with Crippen molar-refractivity contribution in [2.45, 2.75) is 39.0 Å². The molecule has 0 radical (unpaired) electrons. The molecular weight excluding hydrogens is 288 g/mol. The van der Waals surface area contributed by atoms with E-state index in [0.717, 1.165) is 56.3 Å². The third kappa shape index (κ3) is 4.85. The maximum atomic E-state index is 6.07. The highest BCUT2D eigenvalue weighted by Gasteiger charge is 2.17. The van der Waals surface area contributed by atoms with Crippen LogP contribution in [0.4, 0.5) is 0 Å². The fourth-order valence-electron chi connectivity index (χ4n) is 2.89. The van der Waals surface area contributed by atoms with Crippen molar-refractivity contribution in [3.63, 3.8) is 0 Å². The van der Waals surface area contributed by atoms with Crippen LogP contribution in [-0.2, 0) is 13.1 Å². The first-order valence-corrected chi connectivity index (χ1v) is 8.39. The highest BCUT2D eigenvalue weighted by atomic mass is 16.5. The van der Waals surface area contributed by atoms with Crippen LogP contribution in [0.1, 0.15) is 29.9 Å². The van der Waals surface area contributed by atoms with Gasteiger partial charge in [0.25, 0.3) is 0 Å². The summed E-state index contributed by atoms with van der Waals surface area (Å²) in [4.78, 5) is 2.36. The largest absolute Gasteiger partial charge is 0.490 e. The minimum absolute atomic E-state index is 0.359. The standard InChI is InChI=1S/C19H26N2O2/c1-15-3-6-19(22-15)14-20-13-16-4-7-17(8-5-16)23-18-9-11-21(2)12-10-18/h3-8,18,20H,9-14H2,1-2H3. The molecule has 4 nitrogen and oxygen atoms in total. The van der Waals surface area contributed by atoms with Gasteiger partial charge in [-0.1, -0.05) is 12.1 Å². The van der Waals surface area contributed by atoms with Gasteiger partial charge >= 0.3 is 0 Å². The Bertz CT molecular complexity index is 598. The molecule has 0 amide bonds. The molecular formula is C19H26N2O2. The lowest BCUT2D eigenvalue weighted by molar-refractivity contribution is 0.114. The van der Waals surface area contributed by atoms with Gasteiger partial charge in [0.15, 0.2) is 0 Å². The van der Waals surface area contributed by atoms with Crippen molar-refractivity contribution in [2.75, 3.05) is 20.1 Å². The molecule has 0 aliphatic carbocycles. The second kappa shape index (κ2) is 7.66. The van der Waals surface area contributed by atoms with E-state index in [0.29, 0.717) is 6.10 Å². The third-order valence-corrected chi connectivity index (χ3v) is 4.32. The summed E-state index contributed by atoms with van der Waals surface area (Å²) in [6.07, 6.45) is 2.59. The number of hydrogen-bond acceptors (Lipinski definition) is 4. The van der Waals surface area contributed by atoms with Crippen molar-refractivity contribution in [3.05, 3.63) is 53.5 Å². The van der Waals surface area contributed by atoms with E-state index in [-0.39, 0.29) is 0 Å². The molecule has 0 atom stereocenters. The summed E-state index contributed by atoms with van der Waals surface area (Å²) in [5, 5.41) is 3.40. The van der Waals surface area contributed by atoms with Crippen LogP contribution in [0, 0.1) is 6.92 Å². The van der Waals surface area contributed by atoms with E-state index in [1.165, 1.54) is 5.56 Å². The maximum absolute atomic E-state index is 6.07. The van der Waals surface area contributed by atoms with Crippen molar-refractivity contribution >= 4 is 0 Å². The van der Waals surface area contributed by atoms with E-state index in [9.17, 15) is 0 Å². The Labute approximate surface area is 138 Å². The molecule has 1 aromatic carbocycles. The van der Waals surface area contributed by atoms with E-state index < -0.39 is 0 Å². The van der Waals surface area contributed by atoms with E-state index in [1.807, 2.05) is 19.1 Å². The molecule has 1 fully saturated rings. The molecule has 0 bridgehead atoms. The minimum atomic E-state index is 0.359. The van der Waals surface area contributed by atoms with Gasteiger partial charge in [0.05, 0.1) is 6.54 Å². The van der Waals surface area contributed by atoms with Crippen molar-refractivity contribution < 1.29 is 9.15 Å². The van der Waals surface area contributed by atoms with E-state index in [1.54, 1.807) is 0 Å². The smallest absolute Gasteiger partial charge is 0.119 e. The molecule has 1 aliphatic heterocycles. The fourth-order valence-corrected chi connectivity index (χ4v) is 2.89. The molecule has 2 aromatic rings. The summed E-state index contributed by atoms with van der Waals surface area (Å²) in [5.41, 5.74) is 1.25. The lowest BCUT2D eigenvalue weighted by Gasteiger charge is -2.29. The van der Waals surface area contributed by atoms with Crippen LogP contribution in [-0.4, -0.2) is 31.1 Å². The molecule has 4 heteroatoms. The van der Waals surface area contributed by atoms with Gasteiger partial charge in [0.2, 0.25) is 0 Å². The normalized spacial score (nSPS) is 16.6. The topological polar surface area (TPSA) is 37.6 Å². The Kier molecular flexibility index (Phi) is 5.36. The van der Waals surface area contributed by atoms with Gasteiger partial charge in [0, 0.05) is 19.6 Å². The Morgan fingerprint density at radius 3 is 2.48 bits per heavy atom. The van der Waals surface area contributed by atoms with Gasteiger partial charge in [-0.25, -0.2) is 0 Å². The van der Waals surface area contributed by atoms with Gasteiger partial charge in [-0.15, -0.1) is 0 Å². The number of hydrogen-bond donors (Lipinski definition) is 1. The van der Waals surface area contributed by atoms with Gasteiger partial charge in [0.1, 0.15) is 23.4 Å². The monoisotopic (exact) mass is 314 g/mol. The molecule has 1 aromatic heterocycles. The number of aryl methyl sites for hydroxylation is 1. The zero-order valence-electron chi connectivity index (χ0n) is 14.0. The zero-order valence-corrected chi connectivity index (χ0v) is 14.0. The summed E-state index contributed by atoms with van der Waals surface area (Å²) in [7, 11) is 2.17. The molecule has 0 spiro atoms. The minimum Gasteiger partial charge on any atom is -0.490 e. The van der Waals surface area contributed by atoms with Crippen molar-refractivity contribution in [3.8, 4) is 5.75 Å². The predicted molar refractivity (Wildman–Crippen MR) is 91.6 cm³/mol. The first-order valence-electron chi connectivity index (χ1n) is 8.39. The van der Waals surface area contributed by atoms with E-state index >= 15 is 0 Å². The second-order valence-electron chi connectivity index (χ2n) is 6.38. The Balaban J connectivity index is 1.43. The number of nitrogens with zero attached hydrogens (tertiary/aromatic N) is 1. The number of likely N-dealkylation sites (tertiary alicyclic amines) is 1. The summed E-state index contributed by atoms with van der Waals surface area (Å²) >= 11 is 0. The zero-order chi connectivity index (χ0) is 16.1. The number of nitrogens with one attached hydrogen (secondary N) is 1. The summed E-state index contributed by atoms with van der Waals surface area (Å²) in [5.74, 6) is 2.91. The molecule has 23 heavy (non-hydrogen) atoms. The molecule has 0 unspecified atom stereocenters. The van der Waals surface area contributed by atoms with Gasteiger partial charge in [-0.3, -0.25) is 0 Å². The number of benzene rings is 1. The predicted octanol–water partition coefficient (Wildman–Crippen LogP) is 3.35. The molecule has 3 rings (SSSR count). The maximum Gasteiger partial charge on any atom is 0.119 e. The number of rotatable bonds is 6. The fraction of sp³-hybridized carbons (Fsp3) is 0.474. The Morgan fingerprint density at radius 2 is 1.83 bits per heavy atom. The van der Waals surface area contributed by atoms with Crippen LogP contribution in [0.2, 0.25) is 0 Å². The summed E-state index contributed by atoms with van der Waals surface area (Å²) in [6, 6.07) is 12.4. The molecule has 0 saturated carbocycles. The van der Waals surface area contributed by atoms with Crippen LogP contribution in [0.3, 0.4) is 0 Å². The summed E-state index contributed by atoms with van der Waals surface area (Å²) in [6.45, 7) is 5.79. The molecule has 1 aliphatic rings. The van der Waals surface area contributed by atoms with Crippen molar-refractivity contribution in [2.24, 2.45) is 0 Å². The van der Waals surface area contributed by atoms with E-state index in [2.05, 4.69) is 41.5 Å². The van der Waals surface area contributed by atoms with Gasteiger partial charge in [-0.05, 0) is 56.6 Å². The number of ether oxygens (including phenoxy) is 1. The van der Waals surface area contributed by atoms with Crippen LogP contribution in [0.5, 0.6) is 5.75 Å². The van der Waals surface area contributed by atoms with Gasteiger partial charge < -0.3 is 19.4 Å². The van der Waals surface area contributed by atoms with Crippen LogP contribution >= 0.6 is 0 Å². The Hall–Kier alpha value is -1.78. The number of piperidine rings is 1. The van der Waals surface area contributed by atoms with Crippen molar-refractivity contribution in [1.29, 1.82) is 0 Å². The first-order chi connectivity index (χ1) is 11.2. The van der Waals surface area contributed by atoms with Crippen LogP contribution in [0.25, 0.3) is 0 Å². The molecule has 1 N–H and O–H groups in total. The molecule has 2 heterocycles. The SMILES string of the molecule is Cc1ccc(CNCc2ccc(OC3CCN(C)CC3)cc2)o1. The van der Waals surface area contributed by atoms with Crippen LogP contribution in [0.15, 0.2) is 40.8 Å². The van der Waals surface area contributed by atoms with Crippen LogP contribution < -0.4 is 10.1 Å². The lowest BCUT2D eigenvalue weighted by Crippen LogP contribution is -2.35. The highest BCUT2D eigenvalue weighted by molar-refractivity contribution is 5.27. The second-order valence-corrected chi connectivity index (χ2v) is 6.38. The lowest BCUT2D eigenvalue weighted by atomic mass is 10.1. The average molecular weight is 314 g/mol. The average Bonchev–Trinajstić information content (AvgIpc) is 2.97. The number of furan rings is 1. The van der Waals surface area contributed by atoms with Gasteiger partial charge in [-0.2, -0.15) is 0 Å². The molecule has 124 valence electrons. The van der Waals surface area contributed by atoms with Crippen molar-refractivity contribution in [1.82, 2.24) is 10.2 Å². The van der Waals surface area contributed by atoms with E-state index in [4.69, 9.17) is 9.15 Å². The highest BCUT2D eigenvalue weighted by Crippen LogP contribution is 2.19. The summed E-state index contributed by atoms with van der Waals surface area (Å²) < 4.78 is 11.6. The third-order valence-electron chi connectivity index (χ3n) is 4.32. The molecule has 1 saturated heterocycles. The first kappa shape index (κ1) is 16.1.